The van der Waals surface area contributed by atoms with Gasteiger partial charge in [-0.15, -0.1) is 0 Å². The molecule has 0 bridgehead atoms. The number of ether oxygens (including phenoxy) is 1. The summed E-state index contributed by atoms with van der Waals surface area (Å²) in [6, 6.07) is 0. The molecule has 1 fully saturated rings. The molecular formula is C14H30N2O. The van der Waals surface area contributed by atoms with Crippen molar-refractivity contribution in [3.8, 4) is 0 Å². The van der Waals surface area contributed by atoms with Crippen LogP contribution in [0.1, 0.15) is 40.0 Å². The minimum Gasteiger partial charge on any atom is -0.379 e. The van der Waals surface area contributed by atoms with E-state index < -0.39 is 0 Å². The predicted octanol–water partition coefficient (Wildman–Crippen LogP) is 2.11. The highest BCUT2D eigenvalue weighted by Crippen LogP contribution is 2.32. The zero-order valence-electron chi connectivity index (χ0n) is 11.9. The molecule has 0 aromatic heterocycles. The van der Waals surface area contributed by atoms with E-state index in [-0.39, 0.29) is 0 Å². The molecule has 1 rings (SSSR count). The molecule has 1 unspecified atom stereocenters. The van der Waals surface area contributed by atoms with Gasteiger partial charge in [-0.25, -0.2) is 0 Å². The van der Waals surface area contributed by atoms with Crippen molar-refractivity contribution >= 4 is 0 Å². The molecule has 3 heteroatoms. The van der Waals surface area contributed by atoms with Crippen LogP contribution in [0, 0.1) is 11.3 Å². The molecule has 1 saturated heterocycles. The van der Waals surface area contributed by atoms with Crippen LogP contribution in [0.5, 0.6) is 0 Å². The summed E-state index contributed by atoms with van der Waals surface area (Å²) in [4.78, 5) is 2.52. The minimum atomic E-state index is 0.393. The largest absolute Gasteiger partial charge is 0.379 e. The zero-order chi connectivity index (χ0) is 12.7. The molecule has 2 N–H and O–H groups in total. The lowest BCUT2D eigenvalue weighted by molar-refractivity contribution is 0.0357. The van der Waals surface area contributed by atoms with Gasteiger partial charge in [-0.1, -0.05) is 20.8 Å². The Labute approximate surface area is 107 Å². The third-order valence-electron chi connectivity index (χ3n) is 3.87. The van der Waals surface area contributed by atoms with Crippen molar-refractivity contribution in [2.24, 2.45) is 17.1 Å². The fourth-order valence-corrected chi connectivity index (χ4v) is 2.60. The SMILES string of the molecule is CC(C)(C)C(CCN)CCCN1CCOCC1. The van der Waals surface area contributed by atoms with Crippen LogP contribution >= 0.6 is 0 Å². The number of nitrogens with two attached hydrogens (primary N) is 1. The molecule has 0 aliphatic carbocycles. The van der Waals surface area contributed by atoms with E-state index >= 15 is 0 Å². The van der Waals surface area contributed by atoms with E-state index in [1.807, 2.05) is 0 Å². The van der Waals surface area contributed by atoms with Crippen molar-refractivity contribution in [1.82, 2.24) is 4.90 Å². The first-order valence-corrected chi connectivity index (χ1v) is 7.04. The van der Waals surface area contributed by atoms with Gasteiger partial charge in [-0.05, 0) is 43.7 Å². The summed E-state index contributed by atoms with van der Waals surface area (Å²) in [7, 11) is 0. The second-order valence-corrected chi connectivity index (χ2v) is 6.24. The summed E-state index contributed by atoms with van der Waals surface area (Å²) >= 11 is 0. The molecule has 0 radical (unpaired) electrons. The standard InChI is InChI=1S/C14H30N2O/c1-14(2,3)13(6-7-15)5-4-8-16-9-11-17-12-10-16/h13H,4-12,15H2,1-3H3. The molecule has 0 spiro atoms. The maximum atomic E-state index is 5.71. The fourth-order valence-electron chi connectivity index (χ4n) is 2.60. The molecule has 17 heavy (non-hydrogen) atoms. The summed E-state index contributed by atoms with van der Waals surface area (Å²) in [5, 5.41) is 0. The molecule has 1 heterocycles. The van der Waals surface area contributed by atoms with Gasteiger partial charge in [0.05, 0.1) is 13.2 Å². The second kappa shape index (κ2) is 7.34. The smallest absolute Gasteiger partial charge is 0.0594 e. The summed E-state index contributed by atoms with van der Waals surface area (Å²) < 4.78 is 5.36. The van der Waals surface area contributed by atoms with Crippen LogP contribution in [0.25, 0.3) is 0 Å². The Bertz CT molecular complexity index is 195. The first kappa shape index (κ1) is 14.9. The number of rotatable bonds is 6. The van der Waals surface area contributed by atoms with E-state index in [2.05, 4.69) is 25.7 Å². The summed E-state index contributed by atoms with van der Waals surface area (Å²) in [6.07, 6.45) is 3.76. The van der Waals surface area contributed by atoms with Crippen LogP contribution in [-0.4, -0.2) is 44.3 Å². The molecule has 0 saturated carbocycles. The van der Waals surface area contributed by atoms with Crippen molar-refractivity contribution in [2.45, 2.75) is 40.0 Å². The average molecular weight is 242 g/mol. The van der Waals surface area contributed by atoms with Gasteiger partial charge in [0.25, 0.3) is 0 Å². The number of hydrogen-bond donors (Lipinski definition) is 1. The number of nitrogens with zero attached hydrogens (tertiary/aromatic N) is 1. The van der Waals surface area contributed by atoms with E-state index in [1.165, 1.54) is 19.4 Å². The molecular weight excluding hydrogens is 212 g/mol. The molecule has 102 valence electrons. The van der Waals surface area contributed by atoms with E-state index in [1.54, 1.807) is 0 Å². The molecule has 3 nitrogen and oxygen atoms in total. The zero-order valence-corrected chi connectivity index (χ0v) is 11.9. The van der Waals surface area contributed by atoms with Crippen LogP contribution in [0.2, 0.25) is 0 Å². The Kier molecular flexibility index (Phi) is 6.45. The molecule has 0 aromatic rings. The third kappa shape index (κ3) is 5.84. The predicted molar refractivity (Wildman–Crippen MR) is 73.1 cm³/mol. The summed E-state index contributed by atoms with van der Waals surface area (Å²) in [5.74, 6) is 0.758. The summed E-state index contributed by atoms with van der Waals surface area (Å²) in [5.41, 5.74) is 6.11. The van der Waals surface area contributed by atoms with Crippen LogP contribution < -0.4 is 5.73 Å². The maximum Gasteiger partial charge on any atom is 0.0594 e. The molecule has 0 amide bonds. The van der Waals surface area contributed by atoms with E-state index in [0.717, 1.165) is 45.2 Å². The Morgan fingerprint density at radius 3 is 2.35 bits per heavy atom. The van der Waals surface area contributed by atoms with Crippen molar-refractivity contribution in [1.29, 1.82) is 0 Å². The van der Waals surface area contributed by atoms with Crippen LogP contribution in [0.3, 0.4) is 0 Å². The van der Waals surface area contributed by atoms with Gasteiger partial charge in [0, 0.05) is 13.1 Å². The van der Waals surface area contributed by atoms with E-state index in [4.69, 9.17) is 10.5 Å². The van der Waals surface area contributed by atoms with Crippen molar-refractivity contribution in [3.63, 3.8) is 0 Å². The Hall–Kier alpha value is -0.120. The van der Waals surface area contributed by atoms with Gasteiger partial charge in [-0.3, -0.25) is 4.90 Å². The lowest BCUT2D eigenvalue weighted by Gasteiger charge is -2.32. The lowest BCUT2D eigenvalue weighted by atomic mass is 9.76. The van der Waals surface area contributed by atoms with Crippen LogP contribution in [-0.2, 0) is 4.74 Å². The van der Waals surface area contributed by atoms with Crippen molar-refractivity contribution < 1.29 is 4.74 Å². The van der Waals surface area contributed by atoms with Gasteiger partial charge in [0.1, 0.15) is 0 Å². The Morgan fingerprint density at radius 2 is 1.82 bits per heavy atom. The topological polar surface area (TPSA) is 38.5 Å². The van der Waals surface area contributed by atoms with Gasteiger partial charge in [0.2, 0.25) is 0 Å². The minimum absolute atomic E-state index is 0.393. The molecule has 1 atom stereocenters. The monoisotopic (exact) mass is 242 g/mol. The quantitative estimate of drug-likeness (QED) is 0.775. The highest BCUT2D eigenvalue weighted by atomic mass is 16.5. The second-order valence-electron chi connectivity index (χ2n) is 6.24. The average Bonchev–Trinajstić information content (AvgIpc) is 2.28. The normalized spacial score (nSPS) is 20.5. The molecule has 1 aliphatic heterocycles. The van der Waals surface area contributed by atoms with Crippen LogP contribution in [0.4, 0.5) is 0 Å². The van der Waals surface area contributed by atoms with Crippen molar-refractivity contribution in [3.05, 3.63) is 0 Å². The van der Waals surface area contributed by atoms with Crippen LogP contribution in [0.15, 0.2) is 0 Å². The highest BCUT2D eigenvalue weighted by molar-refractivity contribution is 4.75. The number of morpholine rings is 1. The maximum absolute atomic E-state index is 5.71. The summed E-state index contributed by atoms with van der Waals surface area (Å²) in [6.45, 7) is 13.1. The highest BCUT2D eigenvalue weighted by Gasteiger charge is 2.23. The molecule has 1 aliphatic rings. The number of hydrogen-bond acceptors (Lipinski definition) is 3. The fraction of sp³-hybridized carbons (Fsp3) is 1.00. The Morgan fingerprint density at radius 1 is 1.18 bits per heavy atom. The Balaban J connectivity index is 2.21. The third-order valence-corrected chi connectivity index (χ3v) is 3.87. The van der Waals surface area contributed by atoms with Gasteiger partial charge in [-0.2, -0.15) is 0 Å². The lowest BCUT2D eigenvalue weighted by Crippen LogP contribution is -2.37. The van der Waals surface area contributed by atoms with Gasteiger partial charge < -0.3 is 10.5 Å². The van der Waals surface area contributed by atoms with E-state index in [0.29, 0.717) is 5.41 Å². The first-order chi connectivity index (χ1) is 8.04. The van der Waals surface area contributed by atoms with Crippen molar-refractivity contribution in [2.75, 3.05) is 39.4 Å². The first-order valence-electron chi connectivity index (χ1n) is 7.04. The van der Waals surface area contributed by atoms with E-state index in [9.17, 15) is 0 Å². The molecule has 0 aromatic carbocycles. The van der Waals surface area contributed by atoms with Gasteiger partial charge >= 0.3 is 0 Å². The van der Waals surface area contributed by atoms with Gasteiger partial charge in [0.15, 0.2) is 0 Å².